The van der Waals surface area contributed by atoms with Crippen LogP contribution in [0.2, 0.25) is 0 Å². The summed E-state index contributed by atoms with van der Waals surface area (Å²) in [6.45, 7) is 6.10. The fourth-order valence-corrected chi connectivity index (χ4v) is 8.58. The van der Waals surface area contributed by atoms with E-state index < -0.39 is 11.5 Å². The number of hydrogen-bond acceptors (Lipinski definition) is 4. The molecule has 1 spiro atoms. The number of rotatable bonds is 8. The monoisotopic (exact) mass is 532 g/mol. The fraction of sp³-hybridized carbons (Fsp3) is 0.719. The Morgan fingerprint density at radius 3 is 2.59 bits per heavy atom. The van der Waals surface area contributed by atoms with Crippen molar-refractivity contribution in [3.63, 3.8) is 0 Å². The Morgan fingerprint density at radius 2 is 1.95 bits per heavy atom. The van der Waals surface area contributed by atoms with Gasteiger partial charge in [0.15, 0.2) is 0 Å². The number of likely N-dealkylation sites (N-methyl/N-ethyl adjacent to an activating group) is 1. The molecule has 2 amide bonds. The van der Waals surface area contributed by atoms with Crippen molar-refractivity contribution in [1.82, 2.24) is 20.2 Å². The summed E-state index contributed by atoms with van der Waals surface area (Å²) in [5, 5.41) is 3.21. The van der Waals surface area contributed by atoms with Crippen LogP contribution in [0.3, 0.4) is 0 Å². The van der Waals surface area contributed by atoms with Crippen LogP contribution in [-0.2, 0) is 26.2 Å². The van der Waals surface area contributed by atoms with Crippen LogP contribution in [0.15, 0.2) is 18.2 Å². The summed E-state index contributed by atoms with van der Waals surface area (Å²) in [6, 6.07) is 5.85. The minimum atomic E-state index is -0.780. The molecular formula is C32H44N4O3. The topological polar surface area (TPSA) is 87.3 Å². The van der Waals surface area contributed by atoms with E-state index >= 15 is 0 Å². The molecule has 3 aliphatic carbocycles. The first-order chi connectivity index (χ1) is 18.9. The molecule has 0 bridgehead atoms. The predicted octanol–water partition coefficient (Wildman–Crippen LogP) is 5.03. The summed E-state index contributed by atoms with van der Waals surface area (Å²) < 4.78 is 5.83. The summed E-state index contributed by atoms with van der Waals surface area (Å²) in [5.74, 6) is 2.58. The second kappa shape index (κ2) is 9.32. The minimum absolute atomic E-state index is 0.0592. The zero-order chi connectivity index (χ0) is 26.8. The molecule has 39 heavy (non-hydrogen) atoms. The molecule has 5 aliphatic rings. The zero-order valence-corrected chi connectivity index (χ0v) is 23.7. The number of hydrogen-bond donors (Lipinski definition) is 2. The van der Waals surface area contributed by atoms with E-state index in [0.717, 1.165) is 54.0 Å². The Balaban J connectivity index is 1.13. The van der Waals surface area contributed by atoms with E-state index in [1.165, 1.54) is 44.9 Å². The molecule has 2 aliphatic heterocycles. The van der Waals surface area contributed by atoms with E-state index in [-0.39, 0.29) is 17.4 Å². The summed E-state index contributed by atoms with van der Waals surface area (Å²) >= 11 is 0. The lowest BCUT2D eigenvalue weighted by Gasteiger charge is -2.62. The van der Waals surface area contributed by atoms with Crippen LogP contribution in [0.1, 0.15) is 95.9 Å². The number of H-pyrrole nitrogens is 1. The Morgan fingerprint density at radius 1 is 1.15 bits per heavy atom. The molecular weight excluding hydrogens is 488 g/mol. The van der Waals surface area contributed by atoms with Crippen LogP contribution in [0.4, 0.5) is 0 Å². The third-order valence-electron chi connectivity index (χ3n) is 11.5. The third kappa shape index (κ3) is 3.97. The zero-order valence-electron chi connectivity index (χ0n) is 23.7. The van der Waals surface area contributed by atoms with Gasteiger partial charge in [0.1, 0.15) is 11.9 Å². The molecule has 3 unspecified atom stereocenters. The van der Waals surface area contributed by atoms with Gasteiger partial charge in [0.2, 0.25) is 11.8 Å². The van der Waals surface area contributed by atoms with Crippen LogP contribution >= 0.6 is 0 Å². The lowest BCUT2D eigenvalue weighted by atomic mass is 9.63. The van der Waals surface area contributed by atoms with Crippen LogP contribution in [0, 0.1) is 17.3 Å². The summed E-state index contributed by atoms with van der Waals surface area (Å²) in [4.78, 5) is 37.5. The number of likely N-dealkylation sites (tertiary alicyclic amines) is 1. The maximum atomic E-state index is 13.9. The molecule has 3 atom stereocenters. The number of nitrogens with zero attached hydrogens (tertiary/aromatic N) is 2. The summed E-state index contributed by atoms with van der Waals surface area (Å²) in [7, 11) is 0. The fourth-order valence-electron chi connectivity index (χ4n) is 8.58. The van der Waals surface area contributed by atoms with E-state index in [4.69, 9.17) is 9.72 Å². The van der Waals surface area contributed by atoms with Crippen molar-refractivity contribution in [1.29, 1.82) is 0 Å². The number of β-lactam (4-membered cyclic amide) rings is 1. The van der Waals surface area contributed by atoms with Gasteiger partial charge in [-0.15, -0.1) is 0 Å². The lowest BCUT2D eigenvalue weighted by molar-refractivity contribution is -0.176. The first-order valence-corrected chi connectivity index (χ1v) is 15.6. The second-order valence-electron chi connectivity index (χ2n) is 13.6. The molecule has 7 nitrogen and oxygen atoms in total. The molecule has 3 saturated carbocycles. The first-order valence-electron chi connectivity index (χ1n) is 15.6. The van der Waals surface area contributed by atoms with E-state index in [1.807, 2.05) is 11.8 Å². The van der Waals surface area contributed by atoms with Crippen molar-refractivity contribution < 1.29 is 14.3 Å². The standard InChI is InChI=1S/C32H44N4O3/c1-3-36-28(37)27(32(36)12-7-13-32)35-29(38)31(16-17-39-20-31)22-10-11-24-25(18-22)34-26(33-24)19-23(30(2)14-15-30)21-8-5-4-6-9-21/h10-11,18,21,23,27H,3-9,12-17,19-20H2,1-2H3,(H,33,34)(H,35,38). The average molecular weight is 533 g/mol. The maximum Gasteiger partial charge on any atom is 0.248 e. The molecule has 2 saturated heterocycles. The molecule has 1 aromatic carbocycles. The van der Waals surface area contributed by atoms with Gasteiger partial charge < -0.3 is 19.9 Å². The van der Waals surface area contributed by atoms with Gasteiger partial charge in [-0.3, -0.25) is 9.59 Å². The van der Waals surface area contributed by atoms with Gasteiger partial charge in [0, 0.05) is 19.6 Å². The second-order valence-corrected chi connectivity index (χ2v) is 13.6. The van der Waals surface area contributed by atoms with Crippen molar-refractivity contribution in [3.8, 4) is 0 Å². The minimum Gasteiger partial charge on any atom is -0.380 e. The number of carbonyl (C=O) groups excluding carboxylic acids is 2. The number of carbonyl (C=O) groups is 2. The molecule has 2 aromatic rings. The number of nitrogens with one attached hydrogen (secondary N) is 2. The third-order valence-corrected chi connectivity index (χ3v) is 11.5. The summed E-state index contributed by atoms with van der Waals surface area (Å²) in [6.07, 6.45) is 14.2. The van der Waals surface area contributed by atoms with Crippen molar-refractivity contribution >= 4 is 22.8 Å². The number of aromatic amines is 1. The van der Waals surface area contributed by atoms with E-state index in [9.17, 15) is 9.59 Å². The lowest BCUT2D eigenvalue weighted by Crippen LogP contribution is -2.81. The van der Waals surface area contributed by atoms with E-state index in [1.54, 1.807) is 0 Å². The SMILES string of the molecule is CCN1C(=O)C(NC(=O)C2(c3ccc4[nH]c(CC(C5CCCCC5)C5(C)CC5)nc4c3)CCOC2)C12CCC2. The van der Waals surface area contributed by atoms with Gasteiger partial charge in [0.05, 0.1) is 28.6 Å². The number of benzene rings is 1. The molecule has 2 N–H and O–H groups in total. The number of imidazole rings is 1. The van der Waals surface area contributed by atoms with E-state index in [0.29, 0.717) is 37.5 Å². The number of aromatic nitrogens is 2. The number of fused-ring (bicyclic) bond motifs is 1. The average Bonchev–Trinajstić information content (AvgIpc) is 3.30. The van der Waals surface area contributed by atoms with Gasteiger partial charge >= 0.3 is 0 Å². The highest BCUT2D eigenvalue weighted by atomic mass is 16.5. The highest BCUT2D eigenvalue weighted by Gasteiger charge is 2.63. The number of ether oxygens (including phenoxy) is 1. The molecule has 7 rings (SSSR count). The summed E-state index contributed by atoms with van der Waals surface area (Å²) in [5.41, 5.74) is 2.43. The Labute approximate surface area is 231 Å². The Bertz CT molecular complexity index is 1260. The van der Waals surface area contributed by atoms with Crippen LogP contribution < -0.4 is 5.32 Å². The highest BCUT2D eigenvalue weighted by Crippen LogP contribution is 2.57. The Kier molecular flexibility index (Phi) is 6.11. The van der Waals surface area contributed by atoms with Gasteiger partial charge in [-0.05, 0) is 80.4 Å². The van der Waals surface area contributed by atoms with Gasteiger partial charge in [-0.2, -0.15) is 0 Å². The van der Waals surface area contributed by atoms with Crippen molar-refractivity contribution in [2.75, 3.05) is 19.8 Å². The van der Waals surface area contributed by atoms with Crippen LogP contribution in [0.25, 0.3) is 11.0 Å². The number of amides is 2. The van der Waals surface area contributed by atoms with Crippen molar-refractivity contribution in [2.24, 2.45) is 17.3 Å². The quantitative estimate of drug-likeness (QED) is 0.467. The largest absolute Gasteiger partial charge is 0.380 e. The van der Waals surface area contributed by atoms with Crippen LogP contribution in [0.5, 0.6) is 0 Å². The van der Waals surface area contributed by atoms with Gasteiger partial charge in [-0.25, -0.2) is 4.98 Å². The predicted molar refractivity (Wildman–Crippen MR) is 150 cm³/mol. The molecule has 1 aromatic heterocycles. The van der Waals surface area contributed by atoms with Crippen LogP contribution in [-0.4, -0.2) is 58.0 Å². The normalized spacial score (nSPS) is 30.3. The molecule has 0 radical (unpaired) electrons. The van der Waals surface area contributed by atoms with E-state index in [2.05, 4.69) is 35.4 Å². The molecule has 3 heterocycles. The molecule has 7 heteroatoms. The van der Waals surface area contributed by atoms with Gasteiger partial charge in [-0.1, -0.05) is 45.1 Å². The molecule has 210 valence electrons. The molecule has 5 fully saturated rings. The highest BCUT2D eigenvalue weighted by molar-refractivity contribution is 5.98. The van der Waals surface area contributed by atoms with Gasteiger partial charge in [0.25, 0.3) is 0 Å². The maximum absolute atomic E-state index is 13.9. The Hall–Kier alpha value is -2.41. The first kappa shape index (κ1) is 25.6. The van der Waals surface area contributed by atoms with Crippen molar-refractivity contribution in [2.45, 2.75) is 108 Å². The smallest absolute Gasteiger partial charge is 0.248 e. The van der Waals surface area contributed by atoms with Crippen molar-refractivity contribution in [3.05, 3.63) is 29.6 Å².